The summed E-state index contributed by atoms with van der Waals surface area (Å²) >= 11 is 1.90. The summed E-state index contributed by atoms with van der Waals surface area (Å²) < 4.78 is 0. The van der Waals surface area contributed by atoms with Crippen LogP contribution in [-0.4, -0.2) is 4.98 Å². The zero-order valence-corrected chi connectivity index (χ0v) is 10.8. The molecule has 2 atom stereocenters. The molecule has 1 heterocycles. The second-order valence-electron chi connectivity index (χ2n) is 5.43. The van der Waals surface area contributed by atoms with Crippen molar-refractivity contribution >= 4 is 11.3 Å². The second kappa shape index (κ2) is 3.81. The van der Waals surface area contributed by atoms with Crippen LogP contribution in [0, 0.1) is 5.92 Å². The largest absolute Gasteiger partial charge is 0.319 e. The van der Waals surface area contributed by atoms with Gasteiger partial charge in [-0.15, -0.1) is 11.3 Å². The summed E-state index contributed by atoms with van der Waals surface area (Å²) in [6.45, 7) is 2.29. The van der Waals surface area contributed by atoms with Gasteiger partial charge in [-0.1, -0.05) is 13.3 Å². The van der Waals surface area contributed by atoms with Crippen LogP contribution in [0.3, 0.4) is 0 Å². The van der Waals surface area contributed by atoms with E-state index in [0.717, 1.165) is 6.42 Å². The molecule has 0 saturated heterocycles. The number of rotatable bonds is 1. The Balaban J connectivity index is 1.97. The SMILES string of the molecule is CC1CCCC1(N)c1nc2c(s1)CCCC2. The monoisotopic (exact) mass is 236 g/mol. The van der Waals surface area contributed by atoms with Gasteiger partial charge in [-0.3, -0.25) is 0 Å². The average Bonchev–Trinajstić information content (AvgIpc) is 2.84. The molecular formula is C13H20N2S. The van der Waals surface area contributed by atoms with Crippen molar-refractivity contribution in [2.75, 3.05) is 0 Å². The number of hydrogen-bond donors (Lipinski definition) is 1. The molecule has 1 saturated carbocycles. The number of aromatic nitrogens is 1. The smallest absolute Gasteiger partial charge is 0.113 e. The fraction of sp³-hybridized carbons (Fsp3) is 0.769. The Morgan fingerprint density at radius 2 is 2.12 bits per heavy atom. The molecule has 0 aliphatic heterocycles. The van der Waals surface area contributed by atoms with E-state index in [1.807, 2.05) is 11.3 Å². The highest BCUT2D eigenvalue weighted by atomic mass is 32.1. The van der Waals surface area contributed by atoms with Crippen molar-refractivity contribution in [2.24, 2.45) is 11.7 Å². The molecule has 3 rings (SSSR count). The number of nitrogens with zero attached hydrogens (tertiary/aromatic N) is 1. The Bertz CT molecular complexity index is 375. The van der Waals surface area contributed by atoms with E-state index in [-0.39, 0.29) is 5.54 Å². The summed E-state index contributed by atoms with van der Waals surface area (Å²) in [4.78, 5) is 6.37. The maximum Gasteiger partial charge on any atom is 0.113 e. The minimum Gasteiger partial charge on any atom is -0.319 e. The molecule has 0 aromatic carbocycles. The maximum atomic E-state index is 6.58. The lowest BCUT2D eigenvalue weighted by Crippen LogP contribution is -2.38. The van der Waals surface area contributed by atoms with E-state index in [4.69, 9.17) is 10.7 Å². The molecular weight excluding hydrogens is 216 g/mol. The van der Waals surface area contributed by atoms with Gasteiger partial charge in [0.2, 0.25) is 0 Å². The van der Waals surface area contributed by atoms with Gasteiger partial charge in [-0.25, -0.2) is 4.98 Å². The fourth-order valence-corrected chi connectivity index (χ4v) is 4.47. The third-order valence-corrected chi connectivity index (χ3v) is 5.70. The Labute approximate surface area is 101 Å². The highest BCUT2D eigenvalue weighted by molar-refractivity contribution is 7.11. The first-order valence-corrected chi connectivity index (χ1v) is 7.30. The van der Waals surface area contributed by atoms with Crippen molar-refractivity contribution < 1.29 is 0 Å². The topological polar surface area (TPSA) is 38.9 Å². The number of thiazole rings is 1. The normalized spacial score (nSPS) is 34.0. The van der Waals surface area contributed by atoms with Gasteiger partial charge in [0, 0.05) is 4.88 Å². The molecule has 0 bridgehead atoms. The van der Waals surface area contributed by atoms with Gasteiger partial charge < -0.3 is 5.73 Å². The highest BCUT2D eigenvalue weighted by Gasteiger charge is 2.41. The maximum absolute atomic E-state index is 6.58. The van der Waals surface area contributed by atoms with Crippen molar-refractivity contribution in [3.8, 4) is 0 Å². The highest BCUT2D eigenvalue weighted by Crippen LogP contribution is 2.44. The van der Waals surface area contributed by atoms with Crippen LogP contribution >= 0.6 is 11.3 Å². The van der Waals surface area contributed by atoms with Crippen molar-refractivity contribution in [3.63, 3.8) is 0 Å². The van der Waals surface area contributed by atoms with Gasteiger partial charge in [0.15, 0.2) is 0 Å². The first-order chi connectivity index (χ1) is 7.70. The second-order valence-corrected chi connectivity index (χ2v) is 6.51. The lowest BCUT2D eigenvalue weighted by molar-refractivity contribution is 0.347. The standard InChI is InChI=1S/C13H20N2S/c1-9-5-4-8-13(9,14)12-15-10-6-2-3-7-11(10)16-12/h9H,2-8,14H2,1H3. The summed E-state index contributed by atoms with van der Waals surface area (Å²) in [6, 6.07) is 0. The van der Waals surface area contributed by atoms with Gasteiger partial charge in [-0.2, -0.15) is 0 Å². The number of hydrogen-bond acceptors (Lipinski definition) is 3. The summed E-state index contributed by atoms with van der Waals surface area (Å²) in [6.07, 6.45) is 8.71. The van der Waals surface area contributed by atoms with Crippen LogP contribution in [0.2, 0.25) is 0 Å². The average molecular weight is 236 g/mol. The lowest BCUT2D eigenvalue weighted by Gasteiger charge is -2.26. The molecule has 3 heteroatoms. The molecule has 2 aliphatic carbocycles. The Hall–Kier alpha value is -0.410. The van der Waals surface area contributed by atoms with Gasteiger partial charge in [-0.05, 0) is 44.4 Å². The third kappa shape index (κ3) is 1.52. The number of nitrogens with two attached hydrogens (primary N) is 1. The van der Waals surface area contributed by atoms with Crippen LogP contribution < -0.4 is 5.73 Å². The molecule has 16 heavy (non-hydrogen) atoms. The van der Waals surface area contributed by atoms with E-state index in [1.165, 1.54) is 54.1 Å². The number of fused-ring (bicyclic) bond motifs is 1. The predicted molar refractivity (Wildman–Crippen MR) is 67.6 cm³/mol. The van der Waals surface area contributed by atoms with Crippen molar-refractivity contribution in [1.82, 2.24) is 4.98 Å². The van der Waals surface area contributed by atoms with Crippen LogP contribution in [0.4, 0.5) is 0 Å². The molecule has 1 aromatic heterocycles. The van der Waals surface area contributed by atoms with E-state index < -0.39 is 0 Å². The van der Waals surface area contributed by atoms with Crippen molar-refractivity contribution in [3.05, 3.63) is 15.6 Å². The van der Waals surface area contributed by atoms with Crippen molar-refractivity contribution in [1.29, 1.82) is 0 Å². The molecule has 0 amide bonds. The molecule has 2 nitrogen and oxygen atoms in total. The van der Waals surface area contributed by atoms with Gasteiger partial charge in [0.05, 0.1) is 11.2 Å². The van der Waals surface area contributed by atoms with E-state index in [9.17, 15) is 0 Å². The molecule has 1 aromatic rings. The van der Waals surface area contributed by atoms with Crippen LogP contribution in [0.15, 0.2) is 0 Å². The van der Waals surface area contributed by atoms with Crippen molar-refractivity contribution in [2.45, 2.75) is 57.4 Å². The third-order valence-electron chi connectivity index (χ3n) is 4.35. The fourth-order valence-electron chi connectivity index (χ4n) is 3.07. The van der Waals surface area contributed by atoms with E-state index in [1.54, 1.807) is 0 Å². The predicted octanol–water partition coefficient (Wildman–Crippen LogP) is 3.00. The first-order valence-electron chi connectivity index (χ1n) is 6.48. The Morgan fingerprint density at radius 3 is 2.81 bits per heavy atom. The molecule has 2 unspecified atom stereocenters. The zero-order valence-electron chi connectivity index (χ0n) is 9.96. The quantitative estimate of drug-likeness (QED) is 0.814. The van der Waals surface area contributed by atoms with Gasteiger partial charge in [0.25, 0.3) is 0 Å². The minimum absolute atomic E-state index is 0.109. The van der Waals surface area contributed by atoms with Gasteiger partial charge >= 0.3 is 0 Å². The Kier molecular flexibility index (Phi) is 2.55. The van der Waals surface area contributed by atoms with Crippen LogP contribution in [0.25, 0.3) is 0 Å². The Morgan fingerprint density at radius 1 is 1.31 bits per heavy atom. The van der Waals surface area contributed by atoms with E-state index >= 15 is 0 Å². The van der Waals surface area contributed by atoms with E-state index in [2.05, 4.69) is 6.92 Å². The molecule has 0 radical (unpaired) electrons. The van der Waals surface area contributed by atoms with Crippen LogP contribution in [0.5, 0.6) is 0 Å². The molecule has 2 aliphatic rings. The molecule has 0 spiro atoms. The summed E-state index contributed by atoms with van der Waals surface area (Å²) in [5, 5.41) is 1.23. The summed E-state index contributed by atoms with van der Waals surface area (Å²) in [5.41, 5.74) is 7.83. The summed E-state index contributed by atoms with van der Waals surface area (Å²) in [7, 11) is 0. The summed E-state index contributed by atoms with van der Waals surface area (Å²) in [5.74, 6) is 0.597. The molecule has 88 valence electrons. The van der Waals surface area contributed by atoms with E-state index in [0.29, 0.717) is 5.92 Å². The van der Waals surface area contributed by atoms with Gasteiger partial charge in [0.1, 0.15) is 5.01 Å². The first kappa shape index (κ1) is 10.7. The van der Waals surface area contributed by atoms with Crippen LogP contribution in [0.1, 0.15) is 54.6 Å². The minimum atomic E-state index is -0.109. The zero-order chi connectivity index (χ0) is 11.2. The lowest BCUT2D eigenvalue weighted by atomic mass is 9.90. The van der Waals surface area contributed by atoms with Crippen LogP contribution in [-0.2, 0) is 18.4 Å². The molecule has 1 fully saturated rings. The number of aryl methyl sites for hydroxylation is 2. The molecule has 2 N–H and O–H groups in total.